The highest BCUT2D eigenvalue weighted by atomic mass is 16.5. The highest BCUT2D eigenvalue weighted by Gasteiger charge is 2.36. The number of anilines is 1. The van der Waals surface area contributed by atoms with Crippen molar-refractivity contribution in [2.75, 3.05) is 18.6 Å². The van der Waals surface area contributed by atoms with Crippen LogP contribution >= 0.6 is 0 Å². The van der Waals surface area contributed by atoms with E-state index in [-0.39, 0.29) is 24.9 Å². The monoisotopic (exact) mass is 263 g/mol. The van der Waals surface area contributed by atoms with Crippen molar-refractivity contribution in [3.63, 3.8) is 0 Å². The van der Waals surface area contributed by atoms with Crippen LogP contribution in [0.1, 0.15) is 17.5 Å². The number of hydrogen-bond donors (Lipinski definition) is 1. The van der Waals surface area contributed by atoms with Gasteiger partial charge >= 0.3 is 5.97 Å². The minimum absolute atomic E-state index is 0.0737. The number of methoxy groups -OCH3 is 1. The Bertz CT molecular complexity index is 512. The molecule has 5 nitrogen and oxygen atoms in total. The normalized spacial score (nSPS) is 18.8. The van der Waals surface area contributed by atoms with Crippen LogP contribution in [0, 0.1) is 12.8 Å². The van der Waals surface area contributed by atoms with Gasteiger partial charge in [0.25, 0.3) is 0 Å². The van der Waals surface area contributed by atoms with Crippen molar-refractivity contribution in [3.8, 4) is 0 Å². The molecule has 1 unspecified atom stereocenters. The molecule has 0 aliphatic carbocycles. The SMILES string of the molecule is COC(=O)C1CC(=O)N(c2cc(CO)ccc2C)C1. The Morgan fingerprint density at radius 1 is 1.53 bits per heavy atom. The van der Waals surface area contributed by atoms with Crippen molar-refractivity contribution in [1.29, 1.82) is 0 Å². The fourth-order valence-corrected chi connectivity index (χ4v) is 2.31. The molecule has 1 aromatic rings. The van der Waals surface area contributed by atoms with Crippen LogP contribution in [0.2, 0.25) is 0 Å². The summed E-state index contributed by atoms with van der Waals surface area (Å²) in [5.74, 6) is -0.852. The number of aryl methyl sites for hydroxylation is 1. The molecule has 0 spiro atoms. The molecule has 1 heterocycles. The number of nitrogens with zero attached hydrogens (tertiary/aromatic N) is 1. The van der Waals surface area contributed by atoms with Gasteiger partial charge in [-0.1, -0.05) is 12.1 Å². The molecule has 0 aromatic heterocycles. The van der Waals surface area contributed by atoms with Crippen LogP contribution in [0.15, 0.2) is 18.2 Å². The summed E-state index contributed by atoms with van der Waals surface area (Å²) < 4.78 is 4.68. The molecule has 0 radical (unpaired) electrons. The summed E-state index contributed by atoms with van der Waals surface area (Å²) in [5, 5.41) is 9.16. The van der Waals surface area contributed by atoms with E-state index in [9.17, 15) is 9.59 Å². The van der Waals surface area contributed by atoms with Crippen molar-refractivity contribution in [2.24, 2.45) is 5.92 Å². The molecule has 102 valence electrons. The Morgan fingerprint density at radius 3 is 2.89 bits per heavy atom. The number of aliphatic hydroxyl groups is 1. The molecule has 1 amide bonds. The second-order valence-electron chi connectivity index (χ2n) is 4.71. The van der Waals surface area contributed by atoms with Crippen LogP contribution in [-0.2, 0) is 20.9 Å². The summed E-state index contributed by atoms with van der Waals surface area (Å²) in [4.78, 5) is 25.1. The minimum atomic E-state index is -0.408. The first-order valence-electron chi connectivity index (χ1n) is 6.15. The first-order valence-corrected chi connectivity index (χ1v) is 6.15. The van der Waals surface area contributed by atoms with E-state index in [1.54, 1.807) is 11.0 Å². The maximum atomic E-state index is 12.0. The van der Waals surface area contributed by atoms with Gasteiger partial charge < -0.3 is 14.7 Å². The predicted molar refractivity (Wildman–Crippen MR) is 69.6 cm³/mol. The second-order valence-corrected chi connectivity index (χ2v) is 4.71. The summed E-state index contributed by atoms with van der Waals surface area (Å²) in [7, 11) is 1.33. The zero-order valence-corrected chi connectivity index (χ0v) is 11.0. The molecule has 0 saturated carbocycles. The van der Waals surface area contributed by atoms with E-state index in [4.69, 9.17) is 5.11 Å². The number of carbonyl (C=O) groups is 2. The molecule has 1 aliphatic rings. The molecule has 2 rings (SSSR count). The maximum absolute atomic E-state index is 12.0. The number of aliphatic hydroxyl groups excluding tert-OH is 1. The Labute approximate surface area is 111 Å². The zero-order valence-electron chi connectivity index (χ0n) is 11.0. The Kier molecular flexibility index (Phi) is 3.85. The summed E-state index contributed by atoms with van der Waals surface area (Å²) in [6.07, 6.45) is 0.176. The average molecular weight is 263 g/mol. The van der Waals surface area contributed by atoms with E-state index in [0.29, 0.717) is 6.54 Å². The summed E-state index contributed by atoms with van der Waals surface area (Å²) in [6.45, 7) is 2.16. The van der Waals surface area contributed by atoms with Crippen molar-refractivity contribution in [3.05, 3.63) is 29.3 Å². The second kappa shape index (κ2) is 5.40. The van der Waals surface area contributed by atoms with Crippen LogP contribution < -0.4 is 4.90 Å². The van der Waals surface area contributed by atoms with E-state index < -0.39 is 5.92 Å². The molecule has 1 aliphatic heterocycles. The number of esters is 1. The summed E-state index contributed by atoms with van der Waals surface area (Å²) >= 11 is 0. The molecule has 1 aromatic carbocycles. The smallest absolute Gasteiger partial charge is 0.311 e. The number of amides is 1. The largest absolute Gasteiger partial charge is 0.469 e. The average Bonchev–Trinajstić information content (AvgIpc) is 2.80. The molecular weight excluding hydrogens is 246 g/mol. The summed E-state index contributed by atoms with van der Waals surface area (Å²) in [5.41, 5.74) is 2.44. The van der Waals surface area contributed by atoms with Crippen LogP contribution in [0.5, 0.6) is 0 Å². The van der Waals surface area contributed by atoms with Crippen molar-refractivity contribution in [2.45, 2.75) is 20.0 Å². The van der Waals surface area contributed by atoms with Gasteiger partial charge in [-0.2, -0.15) is 0 Å². The fourth-order valence-electron chi connectivity index (χ4n) is 2.31. The van der Waals surface area contributed by atoms with Crippen LogP contribution in [0.3, 0.4) is 0 Å². The lowest BCUT2D eigenvalue weighted by Crippen LogP contribution is -2.27. The summed E-state index contributed by atoms with van der Waals surface area (Å²) in [6, 6.07) is 5.46. The van der Waals surface area contributed by atoms with E-state index in [1.165, 1.54) is 7.11 Å². The highest BCUT2D eigenvalue weighted by molar-refractivity contribution is 6.00. The fraction of sp³-hybridized carbons (Fsp3) is 0.429. The third kappa shape index (κ3) is 2.61. The lowest BCUT2D eigenvalue weighted by atomic mass is 10.1. The molecule has 1 saturated heterocycles. The number of rotatable bonds is 3. The number of hydrogen-bond acceptors (Lipinski definition) is 4. The Morgan fingerprint density at radius 2 is 2.26 bits per heavy atom. The van der Waals surface area contributed by atoms with Crippen molar-refractivity contribution in [1.82, 2.24) is 0 Å². The molecule has 1 fully saturated rings. The van der Waals surface area contributed by atoms with E-state index in [1.807, 2.05) is 19.1 Å². The number of ether oxygens (including phenoxy) is 1. The lowest BCUT2D eigenvalue weighted by Gasteiger charge is -2.19. The van der Waals surface area contributed by atoms with E-state index >= 15 is 0 Å². The van der Waals surface area contributed by atoms with Gasteiger partial charge in [0.05, 0.1) is 19.6 Å². The number of benzene rings is 1. The van der Waals surface area contributed by atoms with Gasteiger partial charge in [-0.25, -0.2) is 0 Å². The third-order valence-corrected chi connectivity index (χ3v) is 3.41. The van der Waals surface area contributed by atoms with Gasteiger partial charge in [-0.05, 0) is 24.1 Å². The minimum Gasteiger partial charge on any atom is -0.469 e. The zero-order chi connectivity index (χ0) is 14.0. The maximum Gasteiger partial charge on any atom is 0.311 e. The van der Waals surface area contributed by atoms with E-state index in [0.717, 1.165) is 16.8 Å². The van der Waals surface area contributed by atoms with Gasteiger partial charge in [-0.3, -0.25) is 9.59 Å². The highest BCUT2D eigenvalue weighted by Crippen LogP contribution is 2.29. The molecule has 1 atom stereocenters. The van der Waals surface area contributed by atoms with Gasteiger partial charge in [0.15, 0.2) is 0 Å². The van der Waals surface area contributed by atoms with Gasteiger partial charge in [0.1, 0.15) is 0 Å². The quantitative estimate of drug-likeness (QED) is 0.827. The van der Waals surface area contributed by atoms with Crippen molar-refractivity contribution >= 4 is 17.6 Å². The van der Waals surface area contributed by atoms with Crippen LogP contribution in [-0.4, -0.2) is 30.6 Å². The van der Waals surface area contributed by atoms with Gasteiger partial charge in [0, 0.05) is 18.7 Å². The lowest BCUT2D eigenvalue weighted by molar-refractivity contribution is -0.145. The molecule has 0 bridgehead atoms. The molecule has 1 N–H and O–H groups in total. The standard InChI is InChI=1S/C14H17NO4/c1-9-3-4-10(8-16)5-12(9)15-7-11(6-13(15)17)14(18)19-2/h3-5,11,16H,6-8H2,1-2H3. The number of carbonyl (C=O) groups excluding carboxylic acids is 2. The van der Waals surface area contributed by atoms with Crippen LogP contribution in [0.25, 0.3) is 0 Å². The first-order chi connectivity index (χ1) is 9.06. The Balaban J connectivity index is 2.27. The molecular formula is C14H17NO4. The van der Waals surface area contributed by atoms with Gasteiger partial charge in [0.2, 0.25) is 5.91 Å². The molecule has 5 heteroatoms. The Hall–Kier alpha value is -1.88. The topological polar surface area (TPSA) is 66.8 Å². The third-order valence-electron chi connectivity index (χ3n) is 3.41. The van der Waals surface area contributed by atoms with Crippen molar-refractivity contribution < 1.29 is 19.4 Å². The predicted octanol–water partition coefficient (Wildman–Crippen LogP) is 1.01. The molecule has 19 heavy (non-hydrogen) atoms. The van der Waals surface area contributed by atoms with Crippen LogP contribution in [0.4, 0.5) is 5.69 Å². The van der Waals surface area contributed by atoms with E-state index in [2.05, 4.69) is 4.74 Å². The van der Waals surface area contributed by atoms with Gasteiger partial charge in [-0.15, -0.1) is 0 Å². The first kappa shape index (κ1) is 13.5.